The lowest BCUT2D eigenvalue weighted by atomic mass is 9.84. The third-order valence-corrected chi connectivity index (χ3v) is 4.22. The highest BCUT2D eigenvalue weighted by Crippen LogP contribution is 2.25. The molecule has 0 aliphatic rings. The number of allylic oxidation sites excluding steroid dienone is 4. The molecule has 0 rings (SSSR count). The van der Waals surface area contributed by atoms with Crippen molar-refractivity contribution in [3.8, 4) is 0 Å². The zero-order valence-corrected chi connectivity index (χ0v) is 14.1. The predicted octanol–water partition coefficient (Wildman–Crippen LogP) is 5.49. The fourth-order valence-electron chi connectivity index (χ4n) is 2.49. The van der Waals surface area contributed by atoms with Crippen LogP contribution in [0.25, 0.3) is 0 Å². The number of hydrogen-bond acceptors (Lipinski definition) is 1. The summed E-state index contributed by atoms with van der Waals surface area (Å²) in [4.78, 5) is 0. The van der Waals surface area contributed by atoms with Gasteiger partial charge in [-0.05, 0) is 37.0 Å². The largest absolute Gasteiger partial charge is 0.327 e. The van der Waals surface area contributed by atoms with Crippen LogP contribution in [-0.4, -0.2) is 6.54 Å². The Labute approximate surface area is 127 Å². The molecule has 0 aliphatic heterocycles. The van der Waals surface area contributed by atoms with E-state index in [-0.39, 0.29) is 0 Å². The lowest BCUT2D eigenvalue weighted by molar-refractivity contribution is 0.340. The SMILES string of the molecule is C=C(/C=C\CC(C)CCC(CC)C(C)/C=C\CN)CC. The summed E-state index contributed by atoms with van der Waals surface area (Å²) >= 11 is 0. The van der Waals surface area contributed by atoms with Gasteiger partial charge in [0.05, 0.1) is 0 Å². The standard InChI is InChI=1S/C19H35N/c1-6-16(3)10-8-11-17(4)13-14-19(7-2)18(5)12-9-15-20/h8-10,12,17-19H,3,6-7,11,13-15,20H2,1-2,4-5H3/b10-8-,12-9-. The summed E-state index contributed by atoms with van der Waals surface area (Å²) in [7, 11) is 0. The van der Waals surface area contributed by atoms with Crippen molar-refractivity contribution < 1.29 is 0 Å². The Bertz CT molecular complexity index is 301. The molecule has 0 fully saturated rings. The molecular weight excluding hydrogens is 242 g/mol. The van der Waals surface area contributed by atoms with Crippen LogP contribution in [-0.2, 0) is 0 Å². The fourth-order valence-corrected chi connectivity index (χ4v) is 2.49. The van der Waals surface area contributed by atoms with Crippen LogP contribution in [0.15, 0.2) is 36.5 Å². The molecule has 0 spiro atoms. The van der Waals surface area contributed by atoms with Crippen molar-refractivity contribution in [1.82, 2.24) is 0 Å². The van der Waals surface area contributed by atoms with E-state index >= 15 is 0 Å². The van der Waals surface area contributed by atoms with E-state index < -0.39 is 0 Å². The smallest absolute Gasteiger partial charge is 0.0106 e. The number of nitrogens with two attached hydrogens (primary N) is 1. The normalized spacial score (nSPS) is 16.6. The van der Waals surface area contributed by atoms with E-state index in [1.165, 1.54) is 31.3 Å². The van der Waals surface area contributed by atoms with Gasteiger partial charge in [0.25, 0.3) is 0 Å². The van der Waals surface area contributed by atoms with Crippen molar-refractivity contribution in [2.75, 3.05) is 6.54 Å². The summed E-state index contributed by atoms with van der Waals surface area (Å²) in [6, 6.07) is 0. The molecule has 0 amide bonds. The van der Waals surface area contributed by atoms with Crippen molar-refractivity contribution >= 4 is 0 Å². The molecule has 1 nitrogen and oxygen atoms in total. The quantitative estimate of drug-likeness (QED) is 0.392. The van der Waals surface area contributed by atoms with Gasteiger partial charge < -0.3 is 5.73 Å². The molecule has 0 saturated carbocycles. The van der Waals surface area contributed by atoms with Crippen LogP contribution in [0.4, 0.5) is 0 Å². The minimum absolute atomic E-state index is 0.645. The first-order chi connectivity index (χ1) is 9.54. The van der Waals surface area contributed by atoms with Crippen LogP contribution in [0.1, 0.15) is 59.8 Å². The molecule has 0 heterocycles. The molecule has 3 unspecified atom stereocenters. The van der Waals surface area contributed by atoms with E-state index in [1.807, 2.05) is 0 Å². The Morgan fingerprint density at radius 1 is 1.15 bits per heavy atom. The molecule has 2 N–H and O–H groups in total. The van der Waals surface area contributed by atoms with E-state index in [9.17, 15) is 0 Å². The minimum Gasteiger partial charge on any atom is -0.327 e. The first-order valence-electron chi connectivity index (χ1n) is 8.26. The van der Waals surface area contributed by atoms with Crippen LogP contribution in [0.5, 0.6) is 0 Å². The highest BCUT2D eigenvalue weighted by Gasteiger charge is 2.13. The Morgan fingerprint density at radius 2 is 1.85 bits per heavy atom. The molecular formula is C19H35N. The van der Waals surface area contributed by atoms with Crippen molar-refractivity contribution in [3.05, 3.63) is 36.5 Å². The van der Waals surface area contributed by atoms with Crippen LogP contribution >= 0.6 is 0 Å². The van der Waals surface area contributed by atoms with Gasteiger partial charge >= 0.3 is 0 Å². The third kappa shape index (κ3) is 9.14. The van der Waals surface area contributed by atoms with Crippen molar-refractivity contribution in [2.24, 2.45) is 23.5 Å². The fraction of sp³-hybridized carbons (Fsp3) is 0.684. The lowest BCUT2D eigenvalue weighted by Gasteiger charge is -2.21. The zero-order valence-electron chi connectivity index (χ0n) is 14.1. The van der Waals surface area contributed by atoms with E-state index in [0.717, 1.165) is 18.3 Å². The molecule has 0 radical (unpaired) electrons. The summed E-state index contributed by atoms with van der Waals surface area (Å²) in [5, 5.41) is 0. The second kappa shape index (κ2) is 12.0. The molecule has 0 aromatic heterocycles. The van der Waals surface area contributed by atoms with E-state index in [1.54, 1.807) is 0 Å². The average Bonchev–Trinajstić information content (AvgIpc) is 2.45. The van der Waals surface area contributed by atoms with Crippen molar-refractivity contribution in [3.63, 3.8) is 0 Å². The van der Waals surface area contributed by atoms with E-state index in [0.29, 0.717) is 12.5 Å². The van der Waals surface area contributed by atoms with Crippen LogP contribution in [0, 0.1) is 17.8 Å². The van der Waals surface area contributed by atoms with Gasteiger partial charge in [0.15, 0.2) is 0 Å². The molecule has 0 aromatic rings. The Hall–Kier alpha value is -0.820. The predicted molar refractivity (Wildman–Crippen MR) is 92.7 cm³/mol. The molecule has 3 atom stereocenters. The molecule has 0 aliphatic carbocycles. The van der Waals surface area contributed by atoms with Crippen LogP contribution in [0.2, 0.25) is 0 Å². The van der Waals surface area contributed by atoms with Gasteiger partial charge in [0.1, 0.15) is 0 Å². The molecule has 20 heavy (non-hydrogen) atoms. The maximum Gasteiger partial charge on any atom is 0.0106 e. The van der Waals surface area contributed by atoms with Gasteiger partial charge in [-0.1, -0.05) is 77.0 Å². The summed E-state index contributed by atoms with van der Waals surface area (Å²) < 4.78 is 0. The maximum absolute atomic E-state index is 5.53. The van der Waals surface area contributed by atoms with Crippen LogP contribution in [0.3, 0.4) is 0 Å². The average molecular weight is 277 g/mol. The monoisotopic (exact) mass is 277 g/mol. The molecule has 0 aromatic carbocycles. The first-order valence-corrected chi connectivity index (χ1v) is 8.26. The summed E-state index contributed by atoms with van der Waals surface area (Å²) in [6.07, 6.45) is 14.9. The van der Waals surface area contributed by atoms with Crippen LogP contribution < -0.4 is 5.73 Å². The van der Waals surface area contributed by atoms with Crippen molar-refractivity contribution in [2.45, 2.75) is 59.8 Å². The van der Waals surface area contributed by atoms with Gasteiger partial charge in [0.2, 0.25) is 0 Å². The lowest BCUT2D eigenvalue weighted by Crippen LogP contribution is -2.11. The van der Waals surface area contributed by atoms with Gasteiger partial charge in [-0.3, -0.25) is 0 Å². The highest BCUT2D eigenvalue weighted by molar-refractivity contribution is 5.13. The minimum atomic E-state index is 0.645. The summed E-state index contributed by atoms with van der Waals surface area (Å²) in [6.45, 7) is 13.8. The van der Waals surface area contributed by atoms with Gasteiger partial charge in [-0.25, -0.2) is 0 Å². The zero-order chi connectivity index (χ0) is 15.4. The summed E-state index contributed by atoms with van der Waals surface area (Å²) in [5.41, 5.74) is 6.76. The number of hydrogen-bond donors (Lipinski definition) is 1. The van der Waals surface area contributed by atoms with E-state index in [2.05, 4.69) is 58.6 Å². The molecule has 1 heteroatoms. The number of rotatable bonds is 11. The topological polar surface area (TPSA) is 26.0 Å². The summed E-state index contributed by atoms with van der Waals surface area (Å²) in [5.74, 6) is 2.19. The second-order valence-corrected chi connectivity index (χ2v) is 6.02. The highest BCUT2D eigenvalue weighted by atomic mass is 14.5. The van der Waals surface area contributed by atoms with Crippen molar-refractivity contribution in [1.29, 1.82) is 0 Å². The van der Waals surface area contributed by atoms with Gasteiger partial charge in [0, 0.05) is 6.54 Å². The Kier molecular flexibility index (Phi) is 11.5. The maximum atomic E-state index is 5.53. The molecule has 0 bridgehead atoms. The second-order valence-electron chi connectivity index (χ2n) is 6.02. The first kappa shape index (κ1) is 19.2. The Balaban J connectivity index is 4.07. The third-order valence-electron chi connectivity index (χ3n) is 4.22. The Morgan fingerprint density at radius 3 is 2.40 bits per heavy atom. The molecule has 116 valence electrons. The van der Waals surface area contributed by atoms with E-state index in [4.69, 9.17) is 5.73 Å². The van der Waals surface area contributed by atoms with Gasteiger partial charge in [-0.15, -0.1) is 0 Å². The van der Waals surface area contributed by atoms with Gasteiger partial charge in [-0.2, -0.15) is 0 Å². The molecule has 0 saturated heterocycles.